The van der Waals surface area contributed by atoms with Crippen molar-refractivity contribution in [2.24, 2.45) is 17.3 Å². The minimum Gasteiger partial charge on any atom is -0.317 e. The average Bonchev–Trinajstić information content (AvgIpc) is 2.30. The Morgan fingerprint density at radius 1 is 1.31 bits per heavy atom. The first-order valence-electron chi connectivity index (χ1n) is 6.75. The Morgan fingerprint density at radius 2 is 2.00 bits per heavy atom. The lowest BCUT2D eigenvalue weighted by Crippen LogP contribution is -2.41. The number of allylic oxidation sites excluding steroid dienone is 4. The Morgan fingerprint density at radius 3 is 2.50 bits per heavy atom. The molecular weight excluding hydrogens is 194 g/mol. The van der Waals surface area contributed by atoms with Crippen molar-refractivity contribution in [2.75, 3.05) is 13.1 Å². The van der Waals surface area contributed by atoms with E-state index in [0.717, 1.165) is 11.8 Å². The molecule has 0 aromatic heterocycles. The summed E-state index contributed by atoms with van der Waals surface area (Å²) in [6.45, 7) is 9.43. The van der Waals surface area contributed by atoms with Gasteiger partial charge in [-0.2, -0.15) is 0 Å². The lowest BCUT2D eigenvalue weighted by atomic mass is 9.64. The molecule has 1 N–H and O–H groups in total. The number of hydrogen-bond donors (Lipinski definition) is 1. The van der Waals surface area contributed by atoms with Gasteiger partial charge in [-0.3, -0.25) is 0 Å². The predicted molar refractivity (Wildman–Crippen MR) is 70.4 cm³/mol. The summed E-state index contributed by atoms with van der Waals surface area (Å²) in [5, 5.41) is 3.49. The van der Waals surface area contributed by atoms with Gasteiger partial charge in [-0.1, -0.05) is 39.0 Å². The highest BCUT2D eigenvalue weighted by Crippen LogP contribution is 2.45. The van der Waals surface area contributed by atoms with Crippen molar-refractivity contribution in [1.82, 2.24) is 5.32 Å². The van der Waals surface area contributed by atoms with Crippen LogP contribution in [0.1, 0.15) is 40.0 Å². The molecule has 0 aromatic rings. The van der Waals surface area contributed by atoms with Crippen LogP contribution in [-0.2, 0) is 0 Å². The first-order chi connectivity index (χ1) is 7.65. The van der Waals surface area contributed by atoms with Crippen molar-refractivity contribution in [2.45, 2.75) is 40.0 Å². The molecule has 0 saturated carbocycles. The normalized spacial score (nSPS) is 29.2. The van der Waals surface area contributed by atoms with Crippen LogP contribution in [0.5, 0.6) is 0 Å². The summed E-state index contributed by atoms with van der Waals surface area (Å²) in [5.74, 6) is 1.48. The Kier molecular flexibility index (Phi) is 3.53. The maximum absolute atomic E-state index is 3.49. The van der Waals surface area contributed by atoms with Crippen LogP contribution in [0.2, 0.25) is 0 Å². The second kappa shape index (κ2) is 4.75. The number of piperidine rings is 1. The second-order valence-electron chi connectivity index (χ2n) is 5.79. The van der Waals surface area contributed by atoms with E-state index in [9.17, 15) is 0 Å². The third-order valence-electron chi connectivity index (χ3n) is 4.49. The van der Waals surface area contributed by atoms with E-state index in [4.69, 9.17) is 0 Å². The Balaban J connectivity index is 2.22. The molecule has 1 saturated heterocycles. The molecule has 1 fully saturated rings. The van der Waals surface area contributed by atoms with Crippen LogP contribution in [0.3, 0.4) is 0 Å². The van der Waals surface area contributed by atoms with E-state index in [-0.39, 0.29) is 0 Å². The molecule has 1 heteroatoms. The second-order valence-corrected chi connectivity index (χ2v) is 5.79. The number of rotatable bonds is 2. The molecule has 0 spiro atoms. The maximum atomic E-state index is 3.49. The summed E-state index contributed by atoms with van der Waals surface area (Å²) in [6.07, 6.45) is 11.1. The van der Waals surface area contributed by atoms with E-state index in [1.165, 1.54) is 32.4 Å². The van der Waals surface area contributed by atoms with E-state index < -0.39 is 0 Å². The van der Waals surface area contributed by atoms with Gasteiger partial charge < -0.3 is 5.32 Å². The van der Waals surface area contributed by atoms with E-state index in [2.05, 4.69) is 44.3 Å². The van der Waals surface area contributed by atoms with Gasteiger partial charge in [0.15, 0.2) is 0 Å². The average molecular weight is 219 g/mol. The topological polar surface area (TPSA) is 12.0 Å². The van der Waals surface area contributed by atoms with E-state index in [1.54, 1.807) is 5.57 Å². The minimum absolute atomic E-state index is 0.446. The Bertz CT molecular complexity index is 293. The largest absolute Gasteiger partial charge is 0.317 e. The predicted octanol–water partition coefficient (Wildman–Crippen LogP) is 3.53. The van der Waals surface area contributed by atoms with Crippen LogP contribution in [0.15, 0.2) is 23.8 Å². The molecule has 0 bridgehead atoms. The van der Waals surface area contributed by atoms with Gasteiger partial charge in [0.1, 0.15) is 0 Å². The first-order valence-corrected chi connectivity index (χ1v) is 6.75. The highest BCUT2D eigenvalue weighted by molar-refractivity contribution is 5.31. The summed E-state index contributed by atoms with van der Waals surface area (Å²) < 4.78 is 0. The summed E-state index contributed by atoms with van der Waals surface area (Å²) in [4.78, 5) is 0. The van der Waals surface area contributed by atoms with E-state index >= 15 is 0 Å². The van der Waals surface area contributed by atoms with Crippen LogP contribution >= 0.6 is 0 Å². The third-order valence-corrected chi connectivity index (χ3v) is 4.49. The summed E-state index contributed by atoms with van der Waals surface area (Å²) in [7, 11) is 0. The van der Waals surface area contributed by atoms with Crippen molar-refractivity contribution in [3.05, 3.63) is 23.8 Å². The fourth-order valence-electron chi connectivity index (χ4n) is 3.17. The van der Waals surface area contributed by atoms with Crippen LogP contribution in [0.4, 0.5) is 0 Å². The van der Waals surface area contributed by atoms with Gasteiger partial charge in [0, 0.05) is 0 Å². The van der Waals surface area contributed by atoms with Gasteiger partial charge in [-0.05, 0) is 55.2 Å². The molecule has 1 nitrogen and oxygen atoms in total. The number of nitrogens with one attached hydrogen (secondary N) is 1. The molecule has 16 heavy (non-hydrogen) atoms. The van der Waals surface area contributed by atoms with Gasteiger partial charge in [-0.25, -0.2) is 0 Å². The van der Waals surface area contributed by atoms with Crippen LogP contribution in [0, 0.1) is 17.3 Å². The molecule has 0 radical (unpaired) electrons. The molecule has 2 rings (SSSR count). The monoisotopic (exact) mass is 219 g/mol. The molecule has 90 valence electrons. The summed E-state index contributed by atoms with van der Waals surface area (Å²) in [5.41, 5.74) is 2.06. The zero-order valence-electron chi connectivity index (χ0n) is 10.9. The van der Waals surface area contributed by atoms with Crippen molar-refractivity contribution < 1.29 is 0 Å². The smallest absolute Gasteiger partial charge is 0.000318 e. The van der Waals surface area contributed by atoms with Crippen molar-refractivity contribution in [3.63, 3.8) is 0 Å². The van der Waals surface area contributed by atoms with Crippen LogP contribution in [0.25, 0.3) is 0 Å². The summed E-state index contributed by atoms with van der Waals surface area (Å²) >= 11 is 0. The van der Waals surface area contributed by atoms with Gasteiger partial charge in [0.2, 0.25) is 0 Å². The van der Waals surface area contributed by atoms with E-state index in [1.807, 2.05) is 0 Å². The molecular formula is C15H25N. The quantitative estimate of drug-likeness (QED) is 0.749. The molecule has 0 amide bonds. The maximum Gasteiger partial charge on any atom is -0.000318 e. The fraction of sp³-hybridized carbons (Fsp3) is 0.733. The van der Waals surface area contributed by atoms with Gasteiger partial charge in [-0.15, -0.1) is 0 Å². The summed E-state index contributed by atoms with van der Waals surface area (Å²) in [6, 6.07) is 0. The molecule has 1 unspecified atom stereocenters. The third kappa shape index (κ3) is 2.10. The van der Waals surface area contributed by atoms with Crippen molar-refractivity contribution in [3.8, 4) is 0 Å². The highest BCUT2D eigenvalue weighted by Gasteiger charge is 2.37. The van der Waals surface area contributed by atoms with Gasteiger partial charge >= 0.3 is 0 Å². The standard InChI is InChI=1S/C15H25N/c1-12(2)15(8-10-16-11-9-15)14-6-4-13(3)5-7-14/h4,6-7,12-13,16H,5,8-11H2,1-3H3. The van der Waals surface area contributed by atoms with Crippen molar-refractivity contribution in [1.29, 1.82) is 0 Å². The van der Waals surface area contributed by atoms with Crippen molar-refractivity contribution >= 4 is 0 Å². The molecule has 2 aliphatic rings. The van der Waals surface area contributed by atoms with Crippen LogP contribution in [-0.4, -0.2) is 13.1 Å². The first kappa shape index (κ1) is 11.9. The number of hydrogen-bond acceptors (Lipinski definition) is 1. The molecule has 1 heterocycles. The fourth-order valence-corrected chi connectivity index (χ4v) is 3.17. The Hall–Kier alpha value is -0.560. The zero-order chi connectivity index (χ0) is 11.6. The Labute approximate surface area is 100 Å². The molecule has 1 aliphatic heterocycles. The molecule has 1 aliphatic carbocycles. The molecule has 0 aromatic carbocycles. The molecule has 1 atom stereocenters. The van der Waals surface area contributed by atoms with Gasteiger partial charge in [0.05, 0.1) is 0 Å². The lowest BCUT2D eigenvalue weighted by molar-refractivity contribution is 0.179. The highest BCUT2D eigenvalue weighted by atomic mass is 14.9. The van der Waals surface area contributed by atoms with E-state index in [0.29, 0.717) is 5.41 Å². The minimum atomic E-state index is 0.446. The SMILES string of the molecule is CC1C=CC(C2(C(C)C)CCNCC2)=CC1. The lowest BCUT2D eigenvalue weighted by Gasteiger charge is -2.43. The zero-order valence-corrected chi connectivity index (χ0v) is 10.9. The van der Waals surface area contributed by atoms with Gasteiger partial charge in [0.25, 0.3) is 0 Å². The van der Waals surface area contributed by atoms with Crippen LogP contribution < -0.4 is 5.32 Å².